The number of pyridine rings is 1. The molecule has 1 amide bonds. The van der Waals surface area contributed by atoms with Gasteiger partial charge in [-0.25, -0.2) is 19.5 Å². The van der Waals surface area contributed by atoms with Crippen LogP contribution in [0.5, 0.6) is 0 Å². The summed E-state index contributed by atoms with van der Waals surface area (Å²) in [5.74, 6) is 0.498. The van der Waals surface area contributed by atoms with Crippen molar-refractivity contribution in [3.8, 4) is 6.07 Å². The Balaban J connectivity index is 1.37. The fourth-order valence-corrected chi connectivity index (χ4v) is 5.28. The average Bonchev–Trinajstić information content (AvgIpc) is 3.56. The number of imidazole rings is 1. The Morgan fingerprint density at radius 1 is 1.16 bits per heavy atom. The summed E-state index contributed by atoms with van der Waals surface area (Å²) in [7, 11) is 0. The van der Waals surface area contributed by atoms with Gasteiger partial charge in [0.1, 0.15) is 16.8 Å². The summed E-state index contributed by atoms with van der Waals surface area (Å²) in [5.41, 5.74) is 1.88. The number of aromatic nitrogens is 5. The van der Waals surface area contributed by atoms with Crippen LogP contribution in [0.15, 0.2) is 42.2 Å². The van der Waals surface area contributed by atoms with Crippen molar-refractivity contribution in [2.24, 2.45) is 5.92 Å². The van der Waals surface area contributed by atoms with Gasteiger partial charge in [-0.15, -0.1) is 16.4 Å². The molecule has 1 aliphatic carbocycles. The van der Waals surface area contributed by atoms with Gasteiger partial charge in [-0.1, -0.05) is 11.6 Å². The van der Waals surface area contributed by atoms with Crippen LogP contribution in [0, 0.1) is 17.2 Å². The Morgan fingerprint density at radius 3 is 2.74 bits per heavy atom. The molecule has 194 valence electrons. The summed E-state index contributed by atoms with van der Waals surface area (Å²) in [6.45, 7) is 0. The third kappa shape index (κ3) is 6.07. The van der Waals surface area contributed by atoms with Gasteiger partial charge in [-0.05, 0) is 43.7 Å². The van der Waals surface area contributed by atoms with E-state index in [2.05, 4.69) is 36.0 Å². The van der Waals surface area contributed by atoms with E-state index in [4.69, 9.17) is 16.9 Å². The van der Waals surface area contributed by atoms with E-state index in [9.17, 15) is 9.59 Å². The van der Waals surface area contributed by atoms with Crippen LogP contribution < -0.4 is 16.0 Å². The highest BCUT2D eigenvalue weighted by Gasteiger charge is 2.24. The molecular weight excluding hydrogens is 526 g/mol. The summed E-state index contributed by atoms with van der Waals surface area (Å²) < 4.78 is 1.50. The SMILES string of the molecule is N#CCC(=O)CC1CCC(Nc2cc(Nc3nccs3)c3ncc(C(=O)Nc4ccnc(Cl)c4)n3n2)CC1. The van der Waals surface area contributed by atoms with Gasteiger partial charge in [-0.3, -0.25) is 9.59 Å². The van der Waals surface area contributed by atoms with Gasteiger partial charge in [0.25, 0.3) is 5.91 Å². The van der Waals surface area contributed by atoms with E-state index in [1.54, 1.807) is 18.3 Å². The van der Waals surface area contributed by atoms with Crippen LogP contribution in [-0.4, -0.2) is 42.3 Å². The molecule has 0 spiro atoms. The van der Waals surface area contributed by atoms with E-state index in [1.165, 1.54) is 28.2 Å². The van der Waals surface area contributed by atoms with E-state index < -0.39 is 5.91 Å². The molecule has 1 aliphatic rings. The molecule has 4 heterocycles. The number of thiazole rings is 1. The number of ketones is 1. The molecule has 0 radical (unpaired) electrons. The van der Waals surface area contributed by atoms with Crippen LogP contribution in [0.4, 0.5) is 22.3 Å². The van der Waals surface area contributed by atoms with Crippen LogP contribution in [0.3, 0.4) is 0 Å². The molecule has 3 N–H and O–H groups in total. The van der Waals surface area contributed by atoms with E-state index in [0.29, 0.717) is 40.3 Å². The zero-order valence-electron chi connectivity index (χ0n) is 20.2. The number of nitriles is 1. The van der Waals surface area contributed by atoms with Gasteiger partial charge in [-0.2, -0.15) is 5.26 Å². The number of halogens is 1. The number of fused-ring (bicyclic) bond motifs is 1. The minimum Gasteiger partial charge on any atom is -0.366 e. The maximum atomic E-state index is 13.1. The molecule has 11 nitrogen and oxygen atoms in total. The Kier molecular flexibility index (Phi) is 7.76. The minimum absolute atomic E-state index is 0.00822. The molecule has 0 atom stereocenters. The van der Waals surface area contributed by atoms with Crippen molar-refractivity contribution in [3.05, 3.63) is 53.0 Å². The largest absolute Gasteiger partial charge is 0.366 e. The second-order valence-electron chi connectivity index (χ2n) is 9.05. The molecule has 0 bridgehead atoms. The van der Waals surface area contributed by atoms with Crippen molar-refractivity contribution in [3.63, 3.8) is 0 Å². The third-order valence-electron chi connectivity index (χ3n) is 6.35. The van der Waals surface area contributed by atoms with Gasteiger partial charge >= 0.3 is 0 Å². The number of Topliss-reactive ketones (excluding diaryl/α,β-unsaturated/α-hetero) is 1. The summed E-state index contributed by atoms with van der Waals surface area (Å²) in [6.07, 6.45) is 8.67. The molecule has 1 fully saturated rings. The molecular formula is C25H24ClN9O2S. The maximum Gasteiger partial charge on any atom is 0.276 e. The molecule has 13 heteroatoms. The molecule has 38 heavy (non-hydrogen) atoms. The van der Waals surface area contributed by atoms with Crippen molar-refractivity contribution in [1.29, 1.82) is 5.26 Å². The van der Waals surface area contributed by atoms with Gasteiger partial charge < -0.3 is 16.0 Å². The van der Waals surface area contributed by atoms with E-state index in [-0.39, 0.29) is 29.1 Å². The summed E-state index contributed by atoms with van der Waals surface area (Å²) in [6, 6.07) is 7.16. The lowest BCUT2D eigenvalue weighted by Gasteiger charge is -2.29. The first kappa shape index (κ1) is 25.6. The number of hydrogen-bond donors (Lipinski definition) is 3. The highest BCUT2D eigenvalue weighted by atomic mass is 35.5. The van der Waals surface area contributed by atoms with Crippen LogP contribution in [0.1, 0.15) is 49.0 Å². The lowest BCUT2D eigenvalue weighted by Crippen LogP contribution is -2.28. The zero-order chi connectivity index (χ0) is 26.5. The number of carbonyl (C=O) groups excluding carboxylic acids is 2. The molecule has 4 aromatic heterocycles. The quantitative estimate of drug-likeness (QED) is 0.243. The molecule has 5 rings (SSSR count). The van der Waals surface area contributed by atoms with Gasteiger partial charge in [0.15, 0.2) is 16.5 Å². The summed E-state index contributed by atoms with van der Waals surface area (Å²) in [4.78, 5) is 37.7. The summed E-state index contributed by atoms with van der Waals surface area (Å²) in [5, 5.41) is 25.8. The van der Waals surface area contributed by atoms with E-state index >= 15 is 0 Å². The Morgan fingerprint density at radius 2 is 2.00 bits per heavy atom. The topological polar surface area (TPSA) is 150 Å². The lowest BCUT2D eigenvalue weighted by molar-refractivity contribution is -0.119. The molecule has 1 saturated carbocycles. The number of nitrogens with one attached hydrogen (secondary N) is 3. The fraction of sp³-hybridized carbons (Fsp3) is 0.320. The maximum absolute atomic E-state index is 13.1. The predicted octanol–water partition coefficient (Wildman–Crippen LogP) is 5.07. The summed E-state index contributed by atoms with van der Waals surface area (Å²) >= 11 is 7.40. The number of nitrogens with zero attached hydrogens (tertiary/aromatic N) is 6. The first-order valence-electron chi connectivity index (χ1n) is 12.1. The normalized spacial score (nSPS) is 17.1. The Hall–Kier alpha value is -4.08. The van der Waals surface area contributed by atoms with Crippen molar-refractivity contribution in [2.75, 3.05) is 16.0 Å². The smallest absolute Gasteiger partial charge is 0.276 e. The Labute approximate surface area is 227 Å². The van der Waals surface area contributed by atoms with Crippen molar-refractivity contribution < 1.29 is 9.59 Å². The minimum atomic E-state index is -0.396. The molecule has 0 unspecified atom stereocenters. The number of anilines is 4. The zero-order valence-corrected chi connectivity index (χ0v) is 21.8. The van der Waals surface area contributed by atoms with Gasteiger partial charge in [0.2, 0.25) is 0 Å². The van der Waals surface area contributed by atoms with E-state index in [0.717, 1.165) is 25.7 Å². The standard InChI is InChI=1S/C25H24ClN9O2S/c26-21-12-17(6-8-28-21)32-24(37)20-14-30-23-19(33-25-29-9-10-38-25)13-22(34-35(20)23)31-16-3-1-15(2-4-16)11-18(36)5-7-27/h6,8-10,12-16H,1-5,11H2,(H,29,33)(H,31,34)(H,28,32,37). The van der Waals surface area contributed by atoms with Gasteiger partial charge in [0.05, 0.1) is 24.4 Å². The third-order valence-corrected chi connectivity index (χ3v) is 7.25. The van der Waals surface area contributed by atoms with Crippen LogP contribution in [-0.2, 0) is 4.79 Å². The lowest BCUT2D eigenvalue weighted by atomic mass is 9.83. The van der Waals surface area contributed by atoms with Crippen LogP contribution >= 0.6 is 22.9 Å². The number of carbonyl (C=O) groups is 2. The van der Waals surface area contributed by atoms with Crippen molar-refractivity contribution in [2.45, 2.75) is 44.6 Å². The fourth-order valence-electron chi connectivity index (χ4n) is 4.56. The number of hydrogen-bond acceptors (Lipinski definition) is 10. The second kappa shape index (κ2) is 11.5. The van der Waals surface area contributed by atoms with Crippen molar-refractivity contribution in [1.82, 2.24) is 24.6 Å². The molecule has 0 aromatic carbocycles. The highest BCUT2D eigenvalue weighted by molar-refractivity contribution is 7.13. The van der Waals surface area contributed by atoms with Crippen LogP contribution in [0.25, 0.3) is 5.65 Å². The molecule has 0 saturated heterocycles. The highest BCUT2D eigenvalue weighted by Crippen LogP contribution is 2.31. The molecule has 0 aliphatic heterocycles. The van der Waals surface area contributed by atoms with E-state index in [1.807, 2.05) is 17.5 Å². The first-order valence-corrected chi connectivity index (χ1v) is 13.4. The van der Waals surface area contributed by atoms with Gasteiger partial charge in [0, 0.05) is 42.0 Å². The molecule has 4 aromatic rings. The van der Waals surface area contributed by atoms with Crippen molar-refractivity contribution >= 4 is 62.6 Å². The number of rotatable bonds is 9. The van der Waals surface area contributed by atoms with Crippen LogP contribution in [0.2, 0.25) is 5.15 Å². The first-order chi connectivity index (χ1) is 18.5. The average molecular weight is 550 g/mol. The monoisotopic (exact) mass is 549 g/mol. The second-order valence-corrected chi connectivity index (χ2v) is 10.3. The number of amides is 1. The predicted molar refractivity (Wildman–Crippen MR) is 145 cm³/mol. The Bertz CT molecular complexity index is 1490.